The van der Waals surface area contributed by atoms with Crippen LogP contribution in [0.3, 0.4) is 0 Å². The SMILES string of the molecule is CC1=C(C(=O)OC(C)C)[C@]2(C(=O)O1)C(C(=O)OC(C)C)=C(N)Nc1ccc(Br)cc12. The normalized spacial score (nSPS) is 20.5. The Morgan fingerprint density at radius 1 is 1.10 bits per heavy atom. The minimum Gasteiger partial charge on any atom is -0.459 e. The summed E-state index contributed by atoms with van der Waals surface area (Å²) in [6, 6.07) is 5.07. The number of allylic oxidation sites excluding steroid dienone is 1. The Balaban J connectivity index is 2.37. The van der Waals surface area contributed by atoms with E-state index in [9.17, 15) is 14.4 Å². The van der Waals surface area contributed by atoms with Crippen LogP contribution < -0.4 is 11.1 Å². The quantitative estimate of drug-likeness (QED) is 0.500. The molecule has 1 aromatic carbocycles. The number of halogens is 1. The van der Waals surface area contributed by atoms with Gasteiger partial charge in [-0.15, -0.1) is 0 Å². The molecule has 2 heterocycles. The highest BCUT2D eigenvalue weighted by molar-refractivity contribution is 9.10. The third kappa shape index (κ3) is 3.36. The fourth-order valence-electron chi connectivity index (χ4n) is 3.69. The Bertz CT molecular complexity index is 1010. The first-order valence-corrected chi connectivity index (χ1v) is 10.2. The van der Waals surface area contributed by atoms with E-state index in [0.29, 0.717) is 15.7 Å². The number of rotatable bonds is 4. The maximum absolute atomic E-state index is 13.4. The molecule has 0 fully saturated rings. The van der Waals surface area contributed by atoms with Crippen molar-refractivity contribution in [1.82, 2.24) is 0 Å². The maximum atomic E-state index is 13.4. The van der Waals surface area contributed by atoms with Gasteiger partial charge >= 0.3 is 17.9 Å². The summed E-state index contributed by atoms with van der Waals surface area (Å²) in [5.74, 6) is -2.49. The van der Waals surface area contributed by atoms with Gasteiger partial charge in [0.1, 0.15) is 22.7 Å². The first-order valence-electron chi connectivity index (χ1n) is 9.43. The van der Waals surface area contributed by atoms with Crippen LogP contribution in [0.25, 0.3) is 0 Å². The van der Waals surface area contributed by atoms with E-state index < -0.39 is 35.5 Å². The van der Waals surface area contributed by atoms with Crippen molar-refractivity contribution < 1.29 is 28.6 Å². The predicted molar refractivity (Wildman–Crippen MR) is 112 cm³/mol. The summed E-state index contributed by atoms with van der Waals surface area (Å²) in [5.41, 5.74) is 4.77. The lowest BCUT2D eigenvalue weighted by Crippen LogP contribution is -2.48. The monoisotopic (exact) mass is 478 g/mol. The lowest BCUT2D eigenvalue weighted by atomic mass is 9.67. The van der Waals surface area contributed by atoms with E-state index in [1.54, 1.807) is 45.9 Å². The van der Waals surface area contributed by atoms with Gasteiger partial charge in [0, 0.05) is 15.7 Å². The molecule has 0 saturated carbocycles. The van der Waals surface area contributed by atoms with Gasteiger partial charge in [-0.05, 0) is 52.8 Å². The molecule has 0 unspecified atom stereocenters. The zero-order valence-electron chi connectivity index (χ0n) is 17.3. The van der Waals surface area contributed by atoms with Crippen LogP contribution in [-0.2, 0) is 34.0 Å². The number of cyclic esters (lactones) is 1. The van der Waals surface area contributed by atoms with Gasteiger partial charge in [-0.2, -0.15) is 0 Å². The number of carbonyl (C=O) groups excluding carboxylic acids is 3. The maximum Gasteiger partial charge on any atom is 0.339 e. The molecule has 8 nitrogen and oxygen atoms in total. The molecular weight excluding hydrogens is 456 g/mol. The van der Waals surface area contributed by atoms with E-state index >= 15 is 0 Å². The number of nitrogens with two attached hydrogens (primary N) is 1. The van der Waals surface area contributed by atoms with Crippen molar-refractivity contribution >= 4 is 39.5 Å². The van der Waals surface area contributed by atoms with Crippen molar-refractivity contribution in [3.63, 3.8) is 0 Å². The molecule has 1 spiro atoms. The second kappa shape index (κ2) is 7.79. The lowest BCUT2D eigenvalue weighted by Gasteiger charge is -2.36. The summed E-state index contributed by atoms with van der Waals surface area (Å²) in [5, 5.41) is 2.93. The van der Waals surface area contributed by atoms with E-state index in [1.165, 1.54) is 6.92 Å². The Labute approximate surface area is 182 Å². The van der Waals surface area contributed by atoms with Gasteiger partial charge in [0.15, 0.2) is 5.41 Å². The fraction of sp³-hybridized carbons (Fsp3) is 0.381. The molecule has 3 rings (SSSR count). The molecule has 0 amide bonds. The summed E-state index contributed by atoms with van der Waals surface area (Å²) in [6.07, 6.45) is -0.936. The zero-order valence-corrected chi connectivity index (χ0v) is 18.9. The van der Waals surface area contributed by atoms with Crippen LogP contribution in [0.15, 0.2) is 45.4 Å². The zero-order chi connectivity index (χ0) is 22.4. The van der Waals surface area contributed by atoms with Crippen LogP contribution in [0.2, 0.25) is 0 Å². The lowest BCUT2D eigenvalue weighted by molar-refractivity contribution is -0.149. The van der Waals surface area contributed by atoms with Gasteiger partial charge in [-0.25, -0.2) is 14.4 Å². The number of nitrogens with one attached hydrogen (secondary N) is 1. The minimum atomic E-state index is -1.92. The second-order valence-electron chi connectivity index (χ2n) is 7.58. The topological polar surface area (TPSA) is 117 Å². The molecule has 0 aliphatic carbocycles. The number of fused-ring (bicyclic) bond motifs is 2. The van der Waals surface area contributed by atoms with Crippen LogP contribution in [-0.4, -0.2) is 30.1 Å². The molecule has 3 N–H and O–H groups in total. The number of hydrogen-bond acceptors (Lipinski definition) is 8. The molecule has 0 bridgehead atoms. The van der Waals surface area contributed by atoms with Crippen LogP contribution in [0.1, 0.15) is 40.2 Å². The second-order valence-corrected chi connectivity index (χ2v) is 8.50. The highest BCUT2D eigenvalue weighted by atomic mass is 79.9. The van der Waals surface area contributed by atoms with Crippen molar-refractivity contribution in [2.24, 2.45) is 5.73 Å². The Morgan fingerprint density at radius 3 is 2.23 bits per heavy atom. The van der Waals surface area contributed by atoms with E-state index in [1.807, 2.05) is 0 Å². The number of esters is 3. The number of hydrogen-bond donors (Lipinski definition) is 2. The van der Waals surface area contributed by atoms with E-state index in [4.69, 9.17) is 19.9 Å². The van der Waals surface area contributed by atoms with Crippen LogP contribution >= 0.6 is 15.9 Å². The summed E-state index contributed by atoms with van der Waals surface area (Å²) < 4.78 is 16.8. The molecule has 160 valence electrons. The average Bonchev–Trinajstić information content (AvgIpc) is 2.85. The van der Waals surface area contributed by atoms with Gasteiger partial charge in [-0.1, -0.05) is 15.9 Å². The van der Waals surface area contributed by atoms with E-state index in [-0.39, 0.29) is 22.7 Å². The van der Waals surface area contributed by atoms with E-state index in [0.717, 1.165) is 0 Å². The summed E-state index contributed by atoms with van der Waals surface area (Å²) >= 11 is 3.39. The van der Waals surface area contributed by atoms with E-state index in [2.05, 4.69) is 21.2 Å². The smallest absolute Gasteiger partial charge is 0.339 e. The number of anilines is 1. The fourth-order valence-corrected chi connectivity index (χ4v) is 4.05. The standard InChI is InChI=1S/C21H23BrN2O6/c1-9(2)28-18(25)15-11(5)30-20(27)21(15)13-8-12(22)6-7-14(13)24-17(23)16(21)19(26)29-10(3)4/h6-10,24H,23H2,1-5H3/t21-/m0/s1. The van der Waals surface area contributed by atoms with Crippen LogP contribution in [0, 0.1) is 0 Å². The van der Waals surface area contributed by atoms with Gasteiger partial charge in [0.05, 0.1) is 12.2 Å². The average molecular weight is 479 g/mol. The Kier molecular flexibility index (Phi) is 5.68. The van der Waals surface area contributed by atoms with Crippen molar-refractivity contribution in [2.45, 2.75) is 52.2 Å². The molecule has 1 atom stereocenters. The highest BCUT2D eigenvalue weighted by Crippen LogP contribution is 2.53. The molecule has 9 heteroatoms. The first kappa shape index (κ1) is 21.9. The van der Waals surface area contributed by atoms with Gasteiger partial charge < -0.3 is 25.3 Å². The molecule has 30 heavy (non-hydrogen) atoms. The molecule has 0 radical (unpaired) electrons. The Morgan fingerprint density at radius 2 is 1.67 bits per heavy atom. The molecule has 1 aromatic rings. The molecule has 2 aliphatic rings. The van der Waals surface area contributed by atoms with Crippen molar-refractivity contribution in [3.05, 3.63) is 51.0 Å². The predicted octanol–water partition coefficient (Wildman–Crippen LogP) is 3.02. The third-order valence-electron chi connectivity index (χ3n) is 4.67. The molecule has 0 aromatic heterocycles. The molecule has 0 saturated heterocycles. The highest BCUT2D eigenvalue weighted by Gasteiger charge is 2.63. The number of ether oxygens (including phenoxy) is 3. The minimum absolute atomic E-state index is 0.0427. The van der Waals surface area contributed by atoms with Gasteiger partial charge in [-0.3, -0.25) is 0 Å². The van der Waals surface area contributed by atoms with Crippen LogP contribution in [0.5, 0.6) is 0 Å². The van der Waals surface area contributed by atoms with Gasteiger partial charge in [0.25, 0.3) is 0 Å². The summed E-state index contributed by atoms with van der Waals surface area (Å²) in [7, 11) is 0. The Hall–Kier alpha value is -2.81. The van der Waals surface area contributed by atoms with Crippen LogP contribution in [0.4, 0.5) is 5.69 Å². The first-order chi connectivity index (χ1) is 14.0. The number of benzene rings is 1. The number of carbonyl (C=O) groups is 3. The van der Waals surface area contributed by atoms with Gasteiger partial charge in [0.2, 0.25) is 0 Å². The summed E-state index contributed by atoms with van der Waals surface area (Å²) in [4.78, 5) is 39.6. The third-order valence-corrected chi connectivity index (χ3v) is 5.17. The van der Waals surface area contributed by atoms with Crippen molar-refractivity contribution in [3.8, 4) is 0 Å². The largest absolute Gasteiger partial charge is 0.459 e. The van der Waals surface area contributed by atoms with Crippen molar-refractivity contribution in [1.29, 1.82) is 0 Å². The summed E-state index contributed by atoms with van der Waals surface area (Å²) in [6.45, 7) is 8.19. The molecule has 2 aliphatic heterocycles. The molecular formula is C21H23BrN2O6. The van der Waals surface area contributed by atoms with Crippen molar-refractivity contribution in [2.75, 3.05) is 5.32 Å².